The zero-order valence-electron chi connectivity index (χ0n) is 13.5. The number of benzene rings is 2. The van der Waals surface area contributed by atoms with Gasteiger partial charge in [-0.15, -0.1) is 22.7 Å². The Morgan fingerprint density at radius 3 is 2.73 bits per heavy atom. The van der Waals surface area contributed by atoms with Crippen LogP contribution in [-0.2, 0) is 0 Å². The van der Waals surface area contributed by atoms with Crippen LogP contribution in [0.1, 0.15) is 10.4 Å². The van der Waals surface area contributed by atoms with Crippen LogP contribution in [0, 0.1) is 0 Å². The maximum Gasteiger partial charge on any atom is 0.257 e. The molecule has 4 nitrogen and oxygen atoms in total. The lowest BCUT2D eigenvalue weighted by Crippen LogP contribution is -2.11. The zero-order valence-corrected chi connectivity index (χ0v) is 15.2. The summed E-state index contributed by atoms with van der Waals surface area (Å²) in [5.74, 6) is -0.0855. The summed E-state index contributed by atoms with van der Waals surface area (Å²) in [6, 6.07) is 15.7. The van der Waals surface area contributed by atoms with Gasteiger partial charge in [0, 0.05) is 44.5 Å². The van der Waals surface area contributed by atoms with E-state index in [2.05, 4.69) is 10.3 Å². The number of carbonyl (C=O) groups excluding carboxylic acids is 1. The normalized spacial score (nSPS) is 11.2. The molecule has 0 aliphatic carbocycles. The molecule has 0 saturated carbocycles. The third-order valence-electron chi connectivity index (χ3n) is 4.26. The number of imidazole rings is 1. The van der Waals surface area contributed by atoms with Gasteiger partial charge in [0.1, 0.15) is 0 Å². The van der Waals surface area contributed by atoms with Gasteiger partial charge in [-0.1, -0.05) is 30.3 Å². The molecule has 3 aromatic heterocycles. The summed E-state index contributed by atoms with van der Waals surface area (Å²) in [5.41, 5.74) is 3.44. The molecule has 0 fully saturated rings. The van der Waals surface area contributed by atoms with Crippen molar-refractivity contribution in [1.82, 2.24) is 9.38 Å². The summed E-state index contributed by atoms with van der Waals surface area (Å²) in [5, 5.41) is 7.89. The molecule has 2 aromatic carbocycles. The molecule has 0 atom stereocenters. The SMILES string of the molecule is O=C(Nc1ccc(-c2cn3ccsc3n2)cc1)c1csc2ccccc12. The third kappa shape index (κ3) is 2.60. The third-order valence-corrected chi connectivity index (χ3v) is 5.99. The highest BCUT2D eigenvalue weighted by Gasteiger charge is 2.12. The monoisotopic (exact) mass is 375 g/mol. The second kappa shape index (κ2) is 6.09. The summed E-state index contributed by atoms with van der Waals surface area (Å²) in [4.78, 5) is 18.2. The van der Waals surface area contributed by atoms with Gasteiger partial charge < -0.3 is 5.32 Å². The Balaban J connectivity index is 1.39. The van der Waals surface area contributed by atoms with Crippen LogP contribution in [0.15, 0.2) is 71.7 Å². The van der Waals surface area contributed by atoms with Crippen molar-refractivity contribution >= 4 is 49.3 Å². The van der Waals surface area contributed by atoms with E-state index >= 15 is 0 Å². The van der Waals surface area contributed by atoms with E-state index < -0.39 is 0 Å². The van der Waals surface area contributed by atoms with Gasteiger partial charge in [-0.3, -0.25) is 9.20 Å². The molecule has 0 aliphatic rings. The van der Waals surface area contributed by atoms with Crippen molar-refractivity contribution in [2.24, 2.45) is 0 Å². The predicted molar refractivity (Wildman–Crippen MR) is 108 cm³/mol. The number of fused-ring (bicyclic) bond motifs is 2. The standard InChI is InChI=1S/C20H13N3OS2/c24-19(16-12-26-18-4-2-1-3-15(16)18)21-14-7-5-13(6-8-14)17-11-23-9-10-25-20(23)22-17/h1-12H,(H,21,24). The fourth-order valence-electron chi connectivity index (χ4n) is 2.94. The van der Waals surface area contributed by atoms with Crippen molar-refractivity contribution in [3.63, 3.8) is 0 Å². The first-order chi connectivity index (χ1) is 12.8. The summed E-state index contributed by atoms with van der Waals surface area (Å²) in [6.45, 7) is 0. The number of amides is 1. The Kier molecular flexibility index (Phi) is 3.58. The molecule has 0 radical (unpaired) electrons. The van der Waals surface area contributed by atoms with Gasteiger partial charge in [0.05, 0.1) is 11.3 Å². The van der Waals surface area contributed by atoms with Crippen molar-refractivity contribution < 1.29 is 4.79 Å². The van der Waals surface area contributed by atoms with Crippen molar-refractivity contribution in [3.05, 3.63) is 77.2 Å². The highest BCUT2D eigenvalue weighted by molar-refractivity contribution is 7.17. The van der Waals surface area contributed by atoms with Crippen LogP contribution in [0.2, 0.25) is 0 Å². The number of carbonyl (C=O) groups is 1. The largest absolute Gasteiger partial charge is 0.322 e. The Bertz CT molecular complexity index is 1200. The molecule has 1 amide bonds. The second-order valence-electron chi connectivity index (χ2n) is 5.90. The zero-order chi connectivity index (χ0) is 17.5. The van der Waals surface area contributed by atoms with Gasteiger partial charge in [0.2, 0.25) is 0 Å². The lowest BCUT2D eigenvalue weighted by Gasteiger charge is -2.05. The first-order valence-electron chi connectivity index (χ1n) is 8.08. The van der Waals surface area contributed by atoms with Gasteiger partial charge in [-0.05, 0) is 18.2 Å². The number of rotatable bonds is 3. The summed E-state index contributed by atoms with van der Waals surface area (Å²) in [6.07, 6.45) is 4.01. The van der Waals surface area contributed by atoms with Crippen molar-refractivity contribution in [2.45, 2.75) is 0 Å². The smallest absolute Gasteiger partial charge is 0.257 e. The topological polar surface area (TPSA) is 46.4 Å². The van der Waals surface area contributed by atoms with Crippen LogP contribution in [-0.4, -0.2) is 15.3 Å². The maximum absolute atomic E-state index is 12.6. The van der Waals surface area contributed by atoms with E-state index in [1.807, 2.05) is 76.1 Å². The van der Waals surface area contributed by atoms with Crippen molar-refractivity contribution in [3.8, 4) is 11.3 Å². The second-order valence-corrected chi connectivity index (χ2v) is 7.68. The van der Waals surface area contributed by atoms with Crippen molar-refractivity contribution in [2.75, 3.05) is 5.32 Å². The average molecular weight is 375 g/mol. The summed E-state index contributed by atoms with van der Waals surface area (Å²) in [7, 11) is 0. The molecule has 0 aliphatic heterocycles. The summed E-state index contributed by atoms with van der Waals surface area (Å²) < 4.78 is 3.13. The number of hydrogen-bond acceptors (Lipinski definition) is 4. The number of thiazole rings is 1. The van der Waals surface area contributed by atoms with E-state index in [4.69, 9.17) is 0 Å². The molecule has 0 bridgehead atoms. The minimum absolute atomic E-state index is 0.0855. The molecular weight excluding hydrogens is 362 g/mol. The predicted octanol–water partition coefficient (Wildman–Crippen LogP) is 5.53. The quantitative estimate of drug-likeness (QED) is 0.451. The molecule has 0 unspecified atom stereocenters. The molecule has 126 valence electrons. The van der Waals surface area contributed by atoms with E-state index in [0.717, 1.165) is 32.0 Å². The van der Waals surface area contributed by atoms with Crippen LogP contribution in [0.25, 0.3) is 26.3 Å². The molecule has 3 heterocycles. The van der Waals surface area contributed by atoms with Gasteiger partial charge in [-0.2, -0.15) is 0 Å². The van der Waals surface area contributed by atoms with E-state index in [9.17, 15) is 4.79 Å². The molecule has 5 rings (SSSR count). The summed E-state index contributed by atoms with van der Waals surface area (Å²) >= 11 is 3.19. The number of hydrogen-bond donors (Lipinski definition) is 1. The van der Waals surface area contributed by atoms with Gasteiger partial charge in [0.15, 0.2) is 4.96 Å². The Morgan fingerprint density at radius 1 is 1.04 bits per heavy atom. The van der Waals surface area contributed by atoms with Crippen molar-refractivity contribution in [1.29, 1.82) is 0 Å². The number of aromatic nitrogens is 2. The highest BCUT2D eigenvalue weighted by Crippen LogP contribution is 2.27. The van der Waals surface area contributed by atoms with Gasteiger partial charge in [-0.25, -0.2) is 4.98 Å². The first kappa shape index (κ1) is 15.3. The minimum atomic E-state index is -0.0855. The number of thiophene rings is 1. The number of nitrogens with zero attached hydrogens (tertiary/aromatic N) is 2. The van der Waals surface area contributed by atoms with E-state index in [1.54, 1.807) is 22.7 Å². The Labute approximate surface area is 157 Å². The van der Waals surface area contributed by atoms with E-state index in [-0.39, 0.29) is 5.91 Å². The molecule has 5 aromatic rings. The molecule has 26 heavy (non-hydrogen) atoms. The van der Waals surface area contributed by atoms with Gasteiger partial charge in [0.25, 0.3) is 5.91 Å². The van der Waals surface area contributed by atoms with Crippen LogP contribution in [0.4, 0.5) is 5.69 Å². The Hall–Kier alpha value is -2.96. The van der Waals surface area contributed by atoms with Crippen LogP contribution in [0.5, 0.6) is 0 Å². The molecule has 0 spiro atoms. The van der Waals surface area contributed by atoms with Crippen LogP contribution >= 0.6 is 22.7 Å². The molecular formula is C20H13N3OS2. The molecule has 0 saturated heterocycles. The number of nitrogens with one attached hydrogen (secondary N) is 1. The van der Waals surface area contributed by atoms with Gasteiger partial charge >= 0.3 is 0 Å². The highest BCUT2D eigenvalue weighted by atomic mass is 32.1. The van der Waals surface area contributed by atoms with Crippen LogP contribution in [0.3, 0.4) is 0 Å². The van der Waals surface area contributed by atoms with Crippen LogP contribution < -0.4 is 5.32 Å². The Morgan fingerprint density at radius 2 is 1.88 bits per heavy atom. The van der Waals surface area contributed by atoms with E-state index in [0.29, 0.717) is 5.56 Å². The average Bonchev–Trinajstić information content (AvgIpc) is 3.36. The van der Waals surface area contributed by atoms with E-state index in [1.165, 1.54) is 0 Å². The number of anilines is 1. The lowest BCUT2D eigenvalue weighted by atomic mass is 10.1. The lowest BCUT2D eigenvalue weighted by molar-refractivity contribution is 0.102. The fourth-order valence-corrected chi connectivity index (χ4v) is 4.58. The minimum Gasteiger partial charge on any atom is -0.322 e. The first-order valence-corrected chi connectivity index (χ1v) is 9.84. The fraction of sp³-hybridized carbons (Fsp3) is 0. The molecule has 6 heteroatoms. The molecule has 1 N–H and O–H groups in total. The maximum atomic E-state index is 12.6.